The molecule has 0 amide bonds. The molecule has 2 atom stereocenters. The Morgan fingerprint density at radius 3 is 2.30 bits per heavy atom. The van der Waals surface area contributed by atoms with Crippen LogP contribution in [-0.2, 0) is 9.53 Å². The van der Waals surface area contributed by atoms with Gasteiger partial charge in [-0.2, -0.15) is 0 Å². The summed E-state index contributed by atoms with van der Waals surface area (Å²) in [7, 11) is 4.34. The molecule has 0 radical (unpaired) electrons. The van der Waals surface area contributed by atoms with E-state index in [4.69, 9.17) is 14.2 Å². The van der Waals surface area contributed by atoms with E-state index in [1.165, 1.54) is 21.3 Å². The third kappa shape index (κ3) is 5.20. The summed E-state index contributed by atoms with van der Waals surface area (Å²) in [6.07, 6.45) is 0.0133. The minimum absolute atomic E-state index is 0.0133. The Morgan fingerprint density at radius 1 is 1.04 bits per heavy atom. The van der Waals surface area contributed by atoms with Crippen molar-refractivity contribution >= 4 is 5.97 Å². The third-order valence-corrected chi connectivity index (χ3v) is 4.51. The Labute approximate surface area is 158 Å². The molecule has 2 rings (SSSR count). The van der Waals surface area contributed by atoms with E-state index < -0.39 is 17.8 Å². The van der Waals surface area contributed by atoms with E-state index in [1.54, 1.807) is 18.2 Å². The molecule has 0 aliphatic carbocycles. The summed E-state index contributed by atoms with van der Waals surface area (Å²) in [6, 6.07) is 14.4. The average molecular weight is 373 g/mol. The Balaban J connectivity index is 2.60. The highest BCUT2D eigenvalue weighted by atomic mass is 16.6. The smallest absolute Gasteiger partial charge is 0.306 e. The normalized spacial score (nSPS) is 12.7. The van der Waals surface area contributed by atoms with Gasteiger partial charge >= 0.3 is 5.97 Å². The van der Waals surface area contributed by atoms with Gasteiger partial charge in [-0.1, -0.05) is 30.3 Å². The van der Waals surface area contributed by atoms with Crippen molar-refractivity contribution in [2.75, 3.05) is 27.9 Å². The minimum atomic E-state index is -0.605. The van der Waals surface area contributed by atoms with E-state index in [0.717, 1.165) is 5.56 Å². The van der Waals surface area contributed by atoms with Crippen molar-refractivity contribution in [1.82, 2.24) is 0 Å². The highest BCUT2D eigenvalue weighted by Crippen LogP contribution is 2.41. The first-order chi connectivity index (χ1) is 13.0. The van der Waals surface area contributed by atoms with Gasteiger partial charge < -0.3 is 14.2 Å². The molecule has 0 heterocycles. The molecule has 0 N–H and O–H groups in total. The van der Waals surface area contributed by atoms with Crippen LogP contribution in [0, 0.1) is 10.1 Å². The summed E-state index contributed by atoms with van der Waals surface area (Å²) >= 11 is 0. The standard InChI is InChI=1S/C20H23NO6/c1-25-15-9-10-19(26-2)17(11-15)18(13-21(23)24)16(12-20(22)27-3)14-7-5-4-6-8-14/h4-11,16,18H,12-13H2,1-3H3/t16-,18-/m0/s1. The van der Waals surface area contributed by atoms with Crippen molar-refractivity contribution < 1.29 is 23.9 Å². The van der Waals surface area contributed by atoms with Crippen molar-refractivity contribution in [2.24, 2.45) is 0 Å². The fraction of sp³-hybridized carbons (Fsp3) is 0.350. The van der Waals surface area contributed by atoms with Gasteiger partial charge in [0.15, 0.2) is 0 Å². The predicted octanol–water partition coefficient (Wildman–Crippen LogP) is 3.41. The number of carbonyl (C=O) groups is 1. The monoisotopic (exact) mass is 373 g/mol. The maximum absolute atomic E-state index is 12.0. The van der Waals surface area contributed by atoms with Gasteiger partial charge in [-0.25, -0.2) is 0 Å². The largest absolute Gasteiger partial charge is 0.497 e. The van der Waals surface area contributed by atoms with Gasteiger partial charge in [0.1, 0.15) is 11.5 Å². The quantitative estimate of drug-likeness (QED) is 0.380. The molecule has 2 aromatic rings. The van der Waals surface area contributed by atoms with Crippen LogP contribution in [0.3, 0.4) is 0 Å². The molecule has 0 bridgehead atoms. The molecule has 0 saturated carbocycles. The number of hydrogen-bond acceptors (Lipinski definition) is 6. The van der Waals surface area contributed by atoms with E-state index in [1.807, 2.05) is 30.3 Å². The number of rotatable bonds is 9. The van der Waals surface area contributed by atoms with E-state index in [0.29, 0.717) is 17.1 Å². The zero-order chi connectivity index (χ0) is 19.8. The topological polar surface area (TPSA) is 87.9 Å². The van der Waals surface area contributed by atoms with Gasteiger partial charge in [0.2, 0.25) is 6.54 Å². The molecule has 144 valence electrons. The summed E-state index contributed by atoms with van der Waals surface area (Å²) in [4.78, 5) is 23.1. The highest BCUT2D eigenvalue weighted by molar-refractivity contribution is 5.70. The molecule has 0 saturated heterocycles. The SMILES string of the molecule is COC(=O)C[C@@H](c1ccccc1)[C@H](C[N+](=O)[O-])c1cc(OC)ccc1OC. The lowest BCUT2D eigenvalue weighted by atomic mass is 9.79. The summed E-state index contributed by atoms with van der Waals surface area (Å²) in [5, 5.41) is 11.4. The van der Waals surface area contributed by atoms with Gasteiger partial charge in [-0.05, 0) is 23.8 Å². The number of methoxy groups -OCH3 is 3. The second-order valence-electron chi connectivity index (χ2n) is 6.03. The molecular formula is C20H23NO6. The van der Waals surface area contributed by atoms with Crippen molar-refractivity contribution in [3.8, 4) is 11.5 Å². The molecule has 0 unspecified atom stereocenters. The van der Waals surface area contributed by atoms with Crippen LogP contribution < -0.4 is 9.47 Å². The summed E-state index contributed by atoms with van der Waals surface area (Å²) in [5.74, 6) is -0.423. The van der Waals surface area contributed by atoms with Crippen LogP contribution in [0.1, 0.15) is 29.4 Å². The first kappa shape index (κ1) is 20.2. The van der Waals surface area contributed by atoms with Crippen LogP contribution in [0.2, 0.25) is 0 Å². The summed E-state index contributed by atoms with van der Waals surface area (Å²) in [5.41, 5.74) is 1.44. The lowest BCUT2D eigenvalue weighted by molar-refractivity contribution is -0.484. The van der Waals surface area contributed by atoms with Crippen molar-refractivity contribution in [2.45, 2.75) is 18.3 Å². The molecule has 7 heteroatoms. The number of benzene rings is 2. The lowest BCUT2D eigenvalue weighted by Gasteiger charge is -2.26. The Morgan fingerprint density at radius 2 is 1.74 bits per heavy atom. The fourth-order valence-electron chi connectivity index (χ4n) is 3.19. The maximum Gasteiger partial charge on any atom is 0.306 e. The highest BCUT2D eigenvalue weighted by Gasteiger charge is 2.33. The molecule has 27 heavy (non-hydrogen) atoms. The number of nitro groups is 1. The van der Waals surface area contributed by atoms with Gasteiger partial charge in [-0.15, -0.1) is 0 Å². The number of nitrogens with zero attached hydrogens (tertiary/aromatic N) is 1. The molecule has 2 aromatic carbocycles. The van der Waals surface area contributed by atoms with E-state index in [9.17, 15) is 14.9 Å². The Kier molecular flexibility index (Phi) is 7.16. The number of ether oxygens (including phenoxy) is 3. The van der Waals surface area contributed by atoms with E-state index >= 15 is 0 Å². The van der Waals surface area contributed by atoms with E-state index in [2.05, 4.69) is 0 Å². The zero-order valence-electron chi connectivity index (χ0n) is 15.6. The van der Waals surface area contributed by atoms with Crippen LogP contribution in [0.4, 0.5) is 0 Å². The Bertz CT molecular complexity index is 777. The fourth-order valence-corrected chi connectivity index (χ4v) is 3.19. The first-order valence-corrected chi connectivity index (χ1v) is 8.45. The first-order valence-electron chi connectivity index (χ1n) is 8.45. The van der Waals surface area contributed by atoms with Crippen LogP contribution in [0.15, 0.2) is 48.5 Å². The predicted molar refractivity (Wildman–Crippen MR) is 100.0 cm³/mol. The van der Waals surface area contributed by atoms with Gasteiger partial charge in [0.05, 0.1) is 33.7 Å². The number of esters is 1. The molecule has 0 spiro atoms. The number of hydrogen-bond donors (Lipinski definition) is 0. The lowest BCUT2D eigenvalue weighted by Crippen LogP contribution is -2.23. The van der Waals surface area contributed by atoms with Crippen molar-refractivity contribution in [3.05, 3.63) is 69.8 Å². The third-order valence-electron chi connectivity index (χ3n) is 4.51. The molecule has 0 aliphatic rings. The average Bonchev–Trinajstić information content (AvgIpc) is 2.70. The summed E-state index contributed by atoms with van der Waals surface area (Å²) in [6.45, 7) is -0.361. The molecule has 7 nitrogen and oxygen atoms in total. The van der Waals surface area contributed by atoms with Crippen molar-refractivity contribution in [3.63, 3.8) is 0 Å². The molecule has 0 aliphatic heterocycles. The van der Waals surface area contributed by atoms with E-state index in [-0.39, 0.29) is 17.9 Å². The second kappa shape index (κ2) is 9.56. The molecule has 0 aromatic heterocycles. The summed E-state index contributed by atoms with van der Waals surface area (Å²) < 4.78 is 15.5. The van der Waals surface area contributed by atoms with Crippen LogP contribution in [0.25, 0.3) is 0 Å². The van der Waals surface area contributed by atoms with Gasteiger partial charge in [0, 0.05) is 16.4 Å². The maximum atomic E-state index is 12.0. The van der Waals surface area contributed by atoms with Crippen molar-refractivity contribution in [1.29, 1.82) is 0 Å². The Hall–Kier alpha value is -3.09. The van der Waals surface area contributed by atoms with Crippen LogP contribution in [-0.4, -0.2) is 38.8 Å². The molecule has 0 fully saturated rings. The number of carbonyl (C=O) groups excluding carboxylic acids is 1. The molecular weight excluding hydrogens is 350 g/mol. The van der Waals surface area contributed by atoms with Gasteiger partial charge in [-0.3, -0.25) is 14.9 Å². The van der Waals surface area contributed by atoms with Crippen LogP contribution >= 0.6 is 0 Å². The van der Waals surface area contributed by atoms with Gasteiger partial charge in [0.25, 0.3) is 0 Å². The minimum Gasteiger partial charge on any atom is -0.497 e. The zero-order valence-corrected chi connectivity index (χ0v) is 15.6. The second-order valence-corrected chi connectivity index (χ2v) is 6.03. The van der Waals surface area contributed by atoms with Crippen LogP contribution in [0.5, 0.6) is 11.5 Å².